The summed E-state index contributed by atoms with van der Waals surface area (Å²) in [6.45, 7) is 0. The number of anilines is 1. The molecule has 2 aromatic rings. The van der Waals surface area contributed by atoms with Crippen molar-refractivity contribution in [3.63, 3.8) is 0 Å². The maximum absolute atomic E-state index is 10.6. The van der Waals surface area contributed by atoms with Crippen LogP contribution < -0.4 is 11.5 Å². The smallest absolute Gasteiger partial charge is 0.165 e. The second-order valence-corrected chi connectivity index (χ2v) is 9.06. The van der Waals surface area contributed by atoms with Gasteiger partial charge in [-0.1, -0.05) is 0 Å². The Morgan fingerprint density at radius 3 is 2.85 bits per heavy atom. The van der Waals surface area contributed by atoms with Crippen LogP contribution in [0.15, 0.2) is 24.6 Å². The molecule has 1 saturated carbocycles. The molecule has 7 N–H and O–H groups in total. The molecule has 0 amide bonds. The van der Waals surface area contributed by atoms with E-state index in [9.17, 15) is 10.2 Å². The van der Waals surface area contributed by atoms with Gasteiger partial charge in [-0.05, 0) is 17.3 Å². The minimum Gasteiger partial charge on any atom is -0.402 e. The SMILES string of the molecule is C[S+](CC/C(=C\N)OO)CC1CC(n2cnc3c(N)ncnc32)C(O)C1O. The van der Waals surface area contributed by atoms with Crippen LogP contribution in [0.25, 0.3) is 11.2 Å². The molecule has 1 fully saturated rings. The maximum atomic E-state index is 10.6. The number of nitrogen functional groups attached to an aromatic ring is 1. The summed E-state index contributed by atoms with van der Waals surface area (Å²) < 4.78 is 1.77. The third-order valence-electron chi connectivity index (χ3n) is 5.01. The van der Waals surface area contributed by atoms with Crippen LogP contribution in [0.2, 0.25) is 0 Å². The second-order valence-electron chi connectivity index (χ2n) is 6.75. The molecule has 5 atom stereocenters. The second kappa shape index (κ2) is 8.30. The van der Waals surface area contributed by atoms with Crippen molar-refractivity contribution in [1.82, 2.24) is 19.5 Å². The molecule has 1 aliphatic carbocycles. The molecule has 11 heteroatoms. The Kier molecular flexibility index (Phi) is 6.05. The number of nitrogens with two attached hydrogens (primary N) is 2. The van der Waals surface area contributed by atoms with E-state index < -0.39 is 12.2 Å². The number of rotatable bonds is 7. The van der Waals surface area contributed by atoms with Gasteiger partial charge in [0.25, 0.3) is 0 Å². The van der Waals surface area contributed by atoms with Crippen molar-refractivity contribution in [3.05, 3.63) is 24.6 Å². The van der Waals surface area contributed by atoms with Crippen LogP contribution in [-0.4, -0.2) is 65.0 Å². The predicted octanol–water partition coefficient (Wildman–Crippen LogP) is -0.381. The Bertz CT molecular complexity index is 815. The molecule has 0 aliphatic heterocycles. The van der Waals surface area contributed by atoms with Crippen molar-refractivity contribution in [2.75, 3.05) is 23.5 Å². The van der Waals surface area contributed by atoms with Gasteiger partial charge in [0.05, 0.1) is 31.1 Å². The van der Waals surface area contributed by atoms with Gasteiger partial charge < -0.3 is 31.1 Å². The molecule has 0 bridgehead atoms. The first kappa shape index (κ1) is 19.7. The number of aliphatic hydroxyl groups excluding tert-OH is 2. The number of imidazole rings is 1. The Labute approximate surface area is 159 Å². The number of nitrogens with zero attached hydrogens (tertiary/aromatic N) is 4. The summed E-state index contributed by atoms with van der Waals surface area (Å²) >= 11 is 0. The van der Waals surface area contributed by atoms with E-state index in [4.69, 9.17) is 16.7 Å². The summed E-state index contributed by atoms with van der Waals surface area (Å²) in [6, 6.07) is -0.332. The zero-order chi connectivity index (χ0) is 19.6. The van der Waals surface area contributed by atoms with Crippen molar-refractivity contribution >= 4 is 27.9 Å². The summed E-state index contributed by atoms with van der Waals surface area (Å²) in [5.41, 5.74) is 12.2. The van der Waals surface area contributed by atoms with Crippen molar-refractivity contribution in [3.8, 4) is 0 Å². The molecular weight excluding hydrogens is 372 g/mol. The average molecular weight is 397 g/mol. The number of aliphatic hydroxyl groups is 2. The quantitative estimate of drug-likeness (QED) is 0.181. The molecule has 10 nitrogen and oxygen atoms in total. The highest BCUT2D eigenvalue weighted by Crippen LogP contribution is 2.38. The number of fused-ring (bicyclic) bond motifs is 1. The molecule has 1 aliphatic rings. The minimum absolute atomic E-state index is 0.0409. The zero-order valence-corrected chi connectivity index (χ0v) is 15.8. The largest absolute Gasteiger partial charge is 0.402 e. The molecule has 3 rings (SSSR count). The highest BCUT2D eigenvalue weighted by molar-refractivity contribution is 7.96. The minimum atomic E-state index is -0.916. The van der Waals surface area contributed by atoms with Gasteiger partial charge in [-0.25, -0.2) is 20.2 Å². The topological polar surface area (TPSA) is 166 Å². The summed E-state index contributed by atoms with van der Waals surface area (Å²) in [7, 11) is -0.0409. The van der Waals surface area contributed by atoms with E-state index in [2.05, 4.69) is 26.1 Å². The van der Waals surface area contributed by atoms with E-state index in [0.717, 1.165) is 11.5 Å². The van der Waals surface area contributed by atoms with Gasteiger partial charge in [0.1, 0.15) is 29.5 Å². The van der Waals surface area contributed by atoms with Crippen molar-refractivity contribution in [2.45, 2.75) is 31.1 Å². The normalized spacial score (nSPS) is 27.2. The number of aromatic nitrogens is 4. The van der Waals surface area contributed by atoms with E-state index in [1.165, 1.54) is 12.5 Å². The lowest BCUT2D eigenvalue weighted by molar-refractivity contribution is -0.205. The first-order chi connectivity index (χ1) is 13.0. The van der Waals surface area contributed by atoms with Gasteiger partial charge in [0, 0.05) is 12.1 Å². The monoisotopic (exact) mass is 397 g/mol. The van der Waals surface area contributed by atoms with Gasteiger partial charge in [0.15, 0.2) is 17.2 Å². The molecule has 148 valence electrons. The predicted molar refractivity (Wildman–Crippen MR) is 103 cm³/mol. The number of hydrogen-bond donors (Lipinski definition) is 5. The molecular formula is C16H25N6O4S+. The van der Waals surface area contributed by atoms with Crippen LogP contribution in [0, 0.1) is 5.92 Å². The highest BCUT2D eigenvalue weighted by atomic mass is 32.2. The molecule has 0 spiro atoms. The summed E-state index contributed by atoms with van der Waals surface area (Å²) in [4.78, 5) is 16.6. The van der Waals surface area contributed by atoms with Crippen LogP contribution in [0.5, 0.6) is 0 Å². The molecule has 0 aromatic carbocycles. The van der Waals surface area contributed by atoms with Crippen molar-refractivity contribution in [2.24, 2.45) is 11.7 Å². The Morgan fingerprint density at radius 1 is 1.37 bits per heavy atom. The van der Waals surface area contributed by atoms with E-state index in [-0.39, 0.29) is 28.7 Å². The zero-order valence-electron chi connectivity index (χ0n) is 15.0. The first-order valence-corrected chi connectivity index (χ1v) is 10.5. The first-order valence-electron chi connectivity index (χ1n) is 8.56. The number of allylic oxidation sites excluding steroid dienone is 1. The Morgan fingerprint density at radius 2 is 2.15 bits per heavy atom. The fourth-order valence-corrected chi connectivity index (χ4v) is 5.32. The average Bonchev–Trinajstić information content (AvgIpc) is 3.20. The van der Waals surface area contributed by atoms with Gasteiger partial charge in [-0.3, -0.25) is 0 Å². The lowest BCUT2D eigenvalue weighted by Crippen LogP contribution is -2.32. The van der Waals surface area contributed by atoms with E-state index in [1.54, 1.807) is 10.9 Å². The van der Waals surface area contributed by atoms with Gasteiger partial charge >= 0.3 is 0 Å². The lowest BCUT2D eigenvalue weighted by Gasteiger charge is -2.18. The third kappa shape index (κ3) is 3.95. The van der Waals surface area contributed by atoms with E-state index >= 15 is 0 Å². The fraction of sp³-hybridized carbons (Fsp3) is 0.562. The molecule has 2 heterocycles. The van der Waals surface area contributed by atoms with E-state index in [0.29, 0.717) is 29.8 Å². The molecule has 5 unspecified atom stereocenters. The highest BCUT2D eigenvalue weighted by Gasteiger charge is 2.45. The van der Waals surface area contributed by atoms with Crippen LogP contribution in [-0.2, 0) is 15.8 Å². The number of hydrogen-bond acceptors (Lipinski definition) is 9. The Hall–Kier alpha value is -2.08. The molecule has 0 saturated heterocycles. The Balaban J connectivity index is 1.69. The molecule has 0 radical (unpaired) electrons. The summed E-state index contributed by atoms with van der Waals surface area (Å²) in [5.74, 6) is 2.07. The molecule has 2 aromatic heterocycles. The maximum Gasteiger partial charge on any atom is 0.165 e. The van der Waals surface area contributed by atoms with Gasteiger partial charge in [0.2, 0.25) is 0 Å². The van der Waals surface area contributed by atoms with Gasteiger partial charge in [-0.2, -0.15) is 0 Å². The lowest BCUT2D eigenvalue weighted by atomic mass is 10.1. The summed E-state index contributed by atoms with van der Waals surface area (Å²) in [6.07, 6.45) is 5.63. The standard InChI is InChI=1S/C16H24N6O4S/c1-27(3-2-10(5-17)26-25)6-9-4-11(14(24)13(9)23)22-8-21-12-15(18)19-7-20-16(12)22/h5,7-9,11,13-14,23-24H,2-4,6,17H2,1H3,(H2-,18,19,20,25)/p+1/b10-5+. The van der Waals surface area contributed by atoms with Crippen LogP contribution in [0.1, 0.15) is 18.9 Å². The fourth-order valence-electron chi connectivity index (χ4n) is 3.54. The molecule has 27 heavy (non-hydrogen) atoms. The van der Waals surface area contributed by atoms with Gasteiger partial charge in [-0.15, -0.1) is 0 Å². The van der Waals surface area contributed by atoms with Crippen molar-refractivity contribution < 1.29 is 20.4 Å². The van der Waals surface area contributed by atoms with Crippen LogP contribution in [0.3, 0.4) is 0 Å². The summed E-state index contributed by atoms with van der Waals surface area (Å²) in [5, 5.41) is 29.8. The van der Waals surface area contributed by atoms with Crippen LogP contribution >= 0.6 is 0 Å². The van der Waals surface area contributed by atoms with Crippen LogP contribution in [0.4, 0.5) is 5.82 Å². The van der Waals surface area contributed by atoms with Crippen molar-refractivity contribution in [1.29, 1.82) is 0 Å². The third-order valence-corrected chi connectivity index (χ3v) is 6.91. The van der Waals surface area contributed by atoms with E-state index in [1.807, 2.05) is 0 Å².